The van der Waals surface area contributed by atoms with E-state index in [9.17, 15) is 0 Å². The van der Waals surface area contributed by atoms with Gasteiger partial charge < -0.3 is 4.98 Å². The monoisotopic (exact) mass is 356 g/mol. The standard InChI is InChI=1S/C25H28N2/c1-2-3-4-5-12-20(18-25-26-23-16-8-9-17-24(23)27-25)22-15-10-13-19-11-6-7-14-21(19)22/h6-11,13-17,20H,2-5,12,18H2,1H3,(H,26,27). The van der Waals surface area contributed by atoms with Crippen LogP contribution in [0.2, 0.25) is 0 Å². The Bertz CT molecular complexity index is 977. The first-order chi connectivity index (χ1) is 13.3. The molecule has 0 aliphatic heterocycles. The quantitative estimate of drug-likeness (QED) is 0.338. The zero-order valence-corrected chi connectivity index (χ0v) is 16.1. The Hall–Kier alpha value is -2.61. The summed E-state index contributed by atoms with van der Waals surface area (Å²) in [6.45, 7) is 2.27. The van der Waals surface area contributed by atoms with Gasteiger partial charge in [0, 0.05) is 6.42 Å². The van der Waals surface area contributed by atoms with Gasteiger partial charge in [0.2, 0.25) is 0 Å². The maximum atomic E-state index is 4.85. The number of H-pyrrole nitrogens is 1. The van der Waals surface area contributed by atoms with Crippen molar-refractivity contribution in [3.63, 3.8) is 0 Å². The summed E-state index contributed by atoms with van der Waals surface area (Å²) in [5.41, 5.74) is 3.66. The molecule has 2 nitrogen and oxygen atoms in total. The molecule has 0 radical (unpaired) electrons. The van der Waals surface area contributed by atoms with E-state index < -0.39 is 0 Å². The maximum Gasteiger partial charge on any atom is 0.107 e. The van der Waals surface area contributed by atoms with Crippen molar-refractivity contribution >= 4 is 21.8 Å². The van der Waals surface area contributed by atoms with Gasteiger partial charge in [0.1, 0.15) is 5.82 Å². The number of para-hydroxylation sites is 2. The van der Waals surface area contributed by atoms with Crippen LogP contribution in [0.5, 0.6) is 0 Å². The Morgan fingerprint density at radius 2 is 1.67 bits per heavy atom. The third-order valence-electron chi connectivity index (χ3n) is 5.55. The number of aromatic nitrogens is 2. The van der Waals surface area contributed by atoms with E-state index in [1.165, 1.54) is 48.4 Å². The first kappa shape index (κ1) is 17.8. The highest BCUT2D eigenvalue weighted by atomic mass is 14.9. The van der Waals surface area contributed by atoms with Crippen LogP contribution in [-0.2, 0) is 6.42 Å². The van der Waals surface area contributed by atoms with Crippen LogP contribution < -0.4 is 0 Å². The molecule has 1 unspecified atom stereocenters. The van der Waals surface area contributed by atoms with E-state index in [1.807, 2.05) is 0 Å². The number of hydrogen-bond acceptors (Lipinski definition) is 1. The summed E-state index contributed by atoms with van der Waals surface area (Å²) in [4.78, 5) is 8.38. The molecule has 0 fully saturated rings. The Balaban J connectivity index is 1.65. The van der Waals surface area contributed by atoms with Gasteiger partial charge in [-0.05, 0) is 40.8 Å². The molecule has 27 heavy (non-hydrogen) atoms. The van der Waals surface area contributed by atoms with Crippen molar-refractivity contribution in [1.29, 1.82) is 0 Å². The topological polar surface area (TPSA) is 28.7 Å². The van der Waals surface area contributed by atoms with E-state index >= 15 is 0 Å². The minimum absolute atomic E-state index is 0.494. The molecule has 0 spiro atoms. The second-order valence-electron chi connectivity index (χ2n) is 7.52. The number of imidazole rings is 1. The summed E-state index contributed by atoms with van der Waals surface area (Å²) in [6, 6.07) is 23.8. The zero-order valence-electron chi connectivity index (χ0n) is 16.1. The fraction of sp³-hybridized carbons (Fsp3) is 0.320. The number of hydrogen-bond donors (Lipinski definition) is 1. The second kappa shape index (κ2) is 8.39. The molecule has 3 aromatic carbocycles. The average Bonchev–Trinajstić information content (AvgIpc) is 3.12. The van der Waals surface area contributed by atoms with E-state index in [1.54, 1.807) is 0 Å². The van der Waals surface area contributed by atoms with Gasteiger partial charge in [0.05, 0.1) is 11.0 Å². The van der Waals surface area contributed by atoms with E-state index in [4.69, 9.17) is 4.98 Å². The van der Waals surface area contributed by atoms with Crippen molar-refractivity contribution in [2.24, 2.45) is 0 Å². The van der Waals surface area contributed by atoms with Crippen LogP contribution in [0.1, 0.15) is 56.3 Å². The van der Waals surface area contributed by atoms with Crippen LogP contribution in [0.4, 0.5) is 0 Å². The lowest BCUT2D eigenvalue weighted by molar-refractivity contribution is 0.546. The van der Waals surface area contributed by atoms with Crippen LogP contribution in [0.25, 0.3) is 21.8 Å². The third kappa shape index (κ3) is 4.05. The lowest BCUT2D eigenvalue weighted by Crippen LogP contribution is -2.06. The van der Waals surface area contributed by atoms with Crippen LogP contribution in [0.3, 0.4) is 0 Å². The number of nitrogens with zero attached hydrogens (tertiary/aromatic N) is 1. The number of nitrogens with one attached hydrogen (secondary N) is 1. The van der Waals surface area contributed by atoms with Gasteiger partial charge in [-0.15, -0.1) is 0 Å². The molecule has 0 amide bonds. The van der Waals surface area contributed by atoms with Gasteiger partial charge in [-0.3, -0.25) is 0 Å². The minimum atomic E-state index is 0.494. The minimum Gasteiger partial charge on any atom is -0.342 e. The Morgan fingerprint density at radius 1 is 0.852 bits per heavy atom. The smallest absolute Gasteiger partial charge is 0.107 e. The van der Waals surface area contributed by atoms with Crippen molar-refractivity contribution in [1.82, 2.24) is 9.97 Å². The summed E-state index contributed by atoms with van der Waals surface area (Å²) < 4.78 is 0. The highest BCUT2D eigenvalue weighted by Crippen LogP contribution is 2.32. The maximum absolute atomic E-state index is 4.85. The molecule has 0 saturated heterocycles. The van der Waals surface area contributed by atoms with Crippen LogP contribution in [-0.4, -0.2) is 9.97 Å². The summed E-state index contributed by atoms with van der Waals surface area (Å²) in [7, 11) is 0. The van der Waals surface area contributed by atoms with E-state index in [0.717, 1.165) is 23.3 Å². The van der Waals surface area contributed by atoms with Gasteiger partial charge in [-0.25, -0.2) is 4.98 Å². The molecule has 0 saturated carbocycles. The van der Waals surface area contributed by atoms with Crippen LogP contribution >= 0.6 is 0 Å². The van der Waals surface area contributed by atoms with Crippen molar-refractivity contribution in [3.05, 3.63) is 78.1 Å². The van der Waals surface area contributed by atoms with Gasteiger partial charge in [0.25, 0.3) is 0 Å². The summed E-state index contributed by atoms with van der Waals surface area (Å²) in [5, 5.41) is 2.72. The number of unbranched alkanes of at least 4 members (excludes halogenated alkanes) is 3. The molecule has 0 bridgehead atoms. The molecular formula is C25H28N2. The fourth-order valence-electron chi connectivity index (χ4n) is 4.13. The highest BCUT2D eigenvalue weighted by Gasteiger charge is 2.17. The molecule has 4 rings (SSSR count). The van der Waals surface area contributed by atoms with Crippen molar-refractivity contribution in [2.45, 2.75) is 51.4 Å². The number of benzene rings is 3. The Labute approximate surface area is 161 Å². The molecule has 4 aromatic rings. The number of fused-ring (bicyclic) bond motifs is 2. The van der Waals surface area contributed by atoms with E-state index in [2.05, 4.69) is 78.6 Å². The fourth-order valence-corrected chi connectivity index (χ4v) is 4.13. The number of aromatic amines is 1. The van der Waals surface area contributed by atoms with Gasteiger partial charge >= 0.3 is 0 Å². The first-order valence-electron chi connectivity index (χ1n) is 10.3. The SMILES string of the molecule is CCCCCCC(Cc1nc2ccccc2[nH]1)c1cccc2ccccc12. The highest BCUT2D eigenvalue weighted by molar-refractivity contribution is 5.86. The van der Waals surface area contributed by atoms with Gasteiger partial charge in [0.15, 0.2) is 0 Å². The summed E-state index contributed by atoms with van der Waals surface area (Å²) in [6.07, 6.45) is 7.38. The summed E-state index contributed by atoms with van der Waals surface area (Å²) >= 11 is 0. The molecule has 1 N–H and O–H groups in total. The largest absolute Gasteiger partial charge is 0.342 e. The van der Waals surface area contributed by atoms with Crippen molar-refractivity contribution < 1.29 is 0 Å². The van der Waals surface area contributed by atoms with Crippen molar-refractivity contribution in [2.75, 3.05) is 0 Å². The first-order valence-corrected chi connectivity index (χ1v) is 10.3. The normalized spacial score (nSPS) is 12.6. The average molecular weight is 357 g/mol. The Morgan fingerprint density at radius 3 is 2.56 bits per heavy atom. The van der Waals surface area contributed by atoms with Gasteiger partial charge in [-0.1, -0.05) is 87.2 Å². The molecule has 2 heteroatoms. The van der Waals surface area contributed by atoms with E-state index in [-0.39, 0.29) is 0 Å². The van der Waals surface area contributed by atoms with E-state index in [0.29, 0.717) is 5.92 Å². The van der Waals surface area contributed by atoms with Gasteiger partial charge in [-0.2, -0.15) is 0 Å². The van der Waals surface area contributed by atoms with Crippen LogP contribution in [0.15, 0.2) is 66.7 Å². The molecule has 0 aliphatic carbocycles. The third-order valence-corrected chi connectivity index (χ3v) is 5.55. The molecule has 1 atom stereocenters. The molecular weight excluding hydrogens is 328 g/mol. The molecule has 1 aromatic heterocycles. The second-order valence-corrected chi connectivity index (χ2v) is 7.52. The molecule has 0 aliphatic rings. The lowest BCUT2D eigenvalue weighted by atomic mass is 9.87. The van der Waals surface area contributed by atoms with Crippen LogP contribution in [0, 0.1) is 0 Å². The predicted molar refractivity (Wildman–Crippen MR) is 115 cm³/mol. The Kier molecular flexibility index (Phi) is 5.53. The van der Waals surface area contributed by atoms with Crippen molar-refractivity contribution in [3.8, 4) is 0 Å². The summed E-state index contributed by atoms with van der Waals surface area (Å²) in [5.74, 6) is 1.60. The lowest BCUT2D eigenvalue weighted by Gasteiger charge is -2.19. The molecule has 138 valence electrons. The predicted octanol–water partition coefficient (Wildman–Crippen LogP) is 7.01. The zero-order chi connectivity index (χ0) is 18.5. The molecule has 1 heterocycles. The number of rotatable bonds is 8.